The van der Waals surface area contributed by atoms with Crippen molar-refractivity contribution in [2.24, 2.45) is 7.05 Å². The molecule has 0 saturated carbocycles. The summed E-state index contributed by atoms with van der Waals surface area (Å²) in [4.78, 5) is 20.7. The lowest BCUT2D eigenvalue weighted by Crippen LogP contribution is -2.21. The minimum atomic E-state index is -0.693. The lowest BCUT2D eigenvalue weighted by molar-refractivity contribution is 0.574. The van der Waals surface area contributed by atoms with E-state index in [4.69, 9.17) is 0 Å². The molecule has 5 nitrogen and oxygen atoms in total. The Morgan fingerprint density at radius 3 is 2.83 bits per heavy atom. The minimum absolute atomic E-state index is 0.121. The average Bonchev–Trinajstić information content (AvgIpc) is 2.80. The summed E-state index contributed by atoms with van der Waals surface area (Å²) in [6, 6.07) is 8.72. The van der Waals surface area contributed by atoms with Gasteiger partial charge < -0.3 is 0 Å². The molecule has 0 aliphatic carbocycles. The first-order valence-corrected chi connectivity index (χ1v) is 7.64. The Hall–Kier alpha value is -2.54. The maximum Gasteiger partial charge on any atom is 0.333 e. The van der Waals surface area contributed by atoms with E-state index in [1.807, 2.05) is 18.2 Å². The normalized spacial score (nSPS) is 11.4. The molecule has 4 rings (SSSR count). The quantitative estimate of drug-likeness (QED) is 0.482. The topological polar surface area (TPSA) is 52.7 Å². The molecule has 0 radical (unpaired) electrons. The fourth-order valence-corrected chi connectivity index (χ4v) is 3.10. The van der Waals surface area contributed by atoms with Crippen molar-refractivity contribution in [2.45, 2.75) is 0 Å². The van der Waals surface area contributed by atoms with Gasteiger partial charge in [-0.15, -0.1) is 0 Å². The largest absolute Gasteiger partial charge is 0.333 e. The van der Waals surface area contributed by atoms with E-state index < -0.39 is 5.95 Å². The van der Waals surface area contributed by atoms with Crippen LogP contribution < -0.4 is 5.69 Å². The standard InChI is InChI=1S/C16H10BrFN4O/c1-21-13-8-20-11-5-4-9(17)7-10(11)14(13)22(16(21)23)12-3-2-6-19-15(12)18/h2-8H,1H3. The molecule has 0 spiro atoms. The van der Waals surface area contributed by atoms with Crippen LogP contribution in [0.15, 0.2) is 52.0 Å². The molecule has 0 amide bonds. The van der Waals surface area contributed by atoms with Crippen LogP contribution in [0.4, 0.5) is 4.39 Å². The predicted molar refractivity (Wildman–Crippen MR) is 89.3 cm³/mol. The SMILES string of the molecule is Cn1c(=O)n(-c2cccnc2F)c2c3cc(Br)ccc3ncc21. The third-order valence-corrected chi connectivity index (χ3v) is 4.32. The zero-order chi connectivity index (χ0) is 16.1. The van der Waals surface area contributed by atoms with Crippen LogP contribution in [0, 0.1) is 5.95 Å². The van der Waals surface area contributed by atoms with Crippen LogP contribution >= 0.6 is 15.9 Å². The van der Waals surface area contributed by atoms with E-state index in [0.29, 0.717) is 11.0 Å². The van der Waals surface area contributed by atoms with Gasteiger partial charge in [-0.2, -0.15) is 4.39 Å². The highest BCUT2D eigenvalue weighted by molar-refractivity contribution is 9.10. The van der Waals surface area contributed by atoms with E-state index in [1.165, 1.54) is 21.4 Å². The number of hydrogen-bond acceptors (Lipinski definition) is 3. The van der Waals surface area contributed by atoms with E-state index in [2.05, 4.69) is 25.9 Å². The maximum atomic E-state index is 14.2. The Morgan fingerprint density at radius 1 is 1.22 bits per heavy atom. The van der Waals surface area contributed by atoms with E-state index >= 15 is 0 Å². The Kier molecular flexibility index (Phi) is 3.05. The van der Waals surface area contributed by atoms with Gasteiger partial charge in [0.2, 0.25) is 5.95 Å². The molecule has 0 fully saturated rings. The lowest BCUT2D eigenvalue weighted by Gasteiger charge is -2.06. The van der Waals surface area contributed by atoms with Gasteiger partial charge in [0.1, 0.15) is 5.69 Å². The van der Waals surface area contributed by atoms with Crippen molar-refractivity contribution in [3.63, 3.8) is 0 Å². The summed E-state index contributed by atoms with van der Waals surface area (Å²) in [5.41, 5.74) is 1.74. The summed E-state index contributed by atoms with van der Waals surface area (Å²) in [6.07, 6.45) is 2.98. The second-order valence-corrected chi connectivity index (χ2v) is 6.06. The Labute approximate surface area is 138 Å². The van der Waals surface area contributed by atoms with Crippen molar-refractivity contribution in [2.75, 3.05) is 0 Å². The van der Waals surface area contributed by atoms with Crippen molar-refractivity contribution < 1.29 is 4.39 Å². The van der Waals surface area contributed by atoms with Gasteiger partial charge in [0.15, 0.2) is 0 Å². The number of benzene rings is 1. The molecule has 7 heteroatoms. The monoisotopic (exact) mass is 372 g/mol. The molecule has 0 atom stereocenters. The molecular weight excluding hydrogens is 363 g/mol. The van der Waals surface area contributed by atoms with Crippen LogP contribution in [0.5, 0.6) is 0 Å². The summed E-state index contributed by atoms with van der Waals surface area (Å²) in [5, 5.41) is 0.762. The molecule has 0 N–H and O–H groups in total. The average molecular weight is 373 g/mol. The Morgan fingerprint density at radius 2 is 2.04 bits per heavy atom. The highest BCUT2D eigenvalue weighted by atomic mass is 79.9. The number of rotatable bonds is 1. The van der Waals surface area contributed by atoms with Crippen molar-refractivity contribution in [3.05, 3.63) is 63.6 Å². The first-order chi connectivity index (χ1) is 11.1. The highest BCUT2D eigenvalue weighted by Gasteiger charge is 2.18. The fourth-order valence-electron chi connectivity index (χ4n) is 2.74. The summed E-state index contributed by atoms with van der Waals surface area (Å²) in [7, 11) is 1.64. The number of aromatic nitrogens is 4. The van der Waals surface area contributed by atoms with Gasteiger partial charge in [-0.1, -0.05) is 15.9 Å². The molecule has 0 aliphatic heterocycles. The first-order valence-electron chi connectivity index (χ1n) is 6.84. The fraction of sp³-hybridized carbons (Fsp3) is 0.0625. The highest BCUT2D eigenvalue weighted by Crippen LogP contribution is 2.27. The number of fused-ring (bicyclic) bond motifs is 3. The molecule has 3 heterocycles. The number of aryl methyl sites for hydroxylation is 1. The van der Waals surface area contributed by atoms with E-state index in [9.17, 15) is 9.18 Å². The second kappa shape index (κ2) is 4.99. The Bertz CT molecular complexity index is 1130. The number of hydrogen-bond donors (Lipinski definition) is 0. The summed E-state index contributed by atoms with van der Waals surface area (Å²) in [6.45, 7) is 0. The van der Waals surface area contributed by atoms with Gasteiger partial charge in [-0.25, -0.2) is 9.78 Å². The van der Waals surface area contributed by atoms with Crippen LogP contribution in [0.1, 0.15) is 0 Å². The van der Waals surface area contributed by atoms with Crippen LogP contribution in [-0.4, -0.2) is 19.1 Å². The van der Waals surface area contributed by atoms with Gasteiger partial charge in [-0.05, 0) is 30.3 Å². The number of pyridine rings is 2. The first kappa shape index (κ1) is 14.1. The summed E-state index contributed by atoms with van der Waals surface area (Å²) < 4.78 is 17.8. The molecule has 0 unspecified atom stereocenters. The molecule has 4 aromatic rings. The van der Waals surface area contributed by atoms with Crippen LogP contribution in [0.2, 0.25) is 0 Å². The van der Waals surface area contributed by atoms with Crippen molar-refractivity contribution in [1.82, 2.24) is 19.1 Å². The van der Waals surface area contributed by atoms with Crippen LogP contribution in [-0.2, 0) is 7.05 Å². The molecule has 23 heavy (non-hydrogen) atoms. The van der Waals surface area contributed by atoms with Gasteiger partial charge in [0.05, 0.1) is 22.7 Å². The third kappa shape index (κ3) is 2.00. The number of halogens is 2. The van der Waals surface area contributed by atoms with E-state index in [0.717, 1.165) is 15.4 Å². The molecule has 3 aromatic heterocycles. The molecule has 114 valence electrons. The van der Waals surface area contributed by atoms with Gasteiger partial charge in [0, 0.05) is 23.1 Å². The van der Waals surface area contributed by atoms with Crippen LogP contribution in [0.3, 0.4) is 0 Å². The smallest absolute Gasteiger partial charge is 0.293 e. The lowest BCUT2D eigenvalue weighted by atomic mass is 10.2. The summed E-state index contributed by atoms with van der Waals surface area (Å²) in [5.74, 6) is -0.693. The molecule has 0 aliphatic rings. The Balaban J connectivity index is 2.28. The molecular formula is C16H10BrFN4O. The number of nitrogens with zero attached hydrogens (tertiary/aromatic N) is 4. The zero-order valence-electron chi connectivity index (χ0n) is 12.0. The van der Waals surface area contributed by atoms with E-state index in [1.54, 1.807) is 19.3 Å². The maximum absolute atomic E-state index is 14.2. The van der Waals surface area contributed by atoms with Gasteiger partial charge >= 0.3 is 5.69 Å². The van der Waals surface area contributed by atoms with E-state index in [-0.39, 0.29) is 11.4 Å². The zero-order valence-corrected chi connectivity index (χ0v) is 13.6. The second-order valence-electron chi connectivity index (χ2n) is 5.14. The van der Waals surface area contributed by atoms with Gasteiger partial charge in [-0.3, -0.25) is 14.1 Å². The molecule has 1 aromatic carbocycles. The van der Waals surface area contributed by atoms with Crippen LogP contribution in [0.25, 0.3) is 27.6 Å². The molecule has 0 bridgehead atoms. The van der Waals surface area contributed by atoms with Crippen molar-refractivity contribution in [3.8, 4) is 5.69 Å². The van der Waals surface area contributed by atoms with Crippen molar-refractivity contribution in [1.29, 1.82) is 0 Å². The third-order valence-electron chi connectivity index (χ3n) is 3.83. The minimum Gasteiger partial charge on any atom is -0.293 e. The van der Waals surface area contributed by atoms with Gasteiger partial charge in [0.25, 0.3) is 0 Å². The number of imidazole rings is 1. The van der Waals surface area contributed by atoms with Crippen molar-refractivity contribution >= 4 is 37.9 Å². The summed E-state index contributed by atoms with van der Waals surface area (Å²) >= 11 is 3.43. The molecule has 0 saturated heterocycles. The predicted octanol–water partition coefficient (Wildman–Crippen LogP) is 3.17.